The first-order valence-corrected chi connectivity index (χ1v) is 7.25. The second kappa shape index (κ2) is 8.98. The summed E-state index contributed by atoms with van der Waals surface area (Å²) < 4.78 is 5.75. The Morgan fingerprint density at radius 1 is 1.11 bits per heavy atom. The predicted molar refractivity (Wildman–Crippen MR) is 78.3 cm³/mol. The highest BCUT2D eigenvalue weighted by Crippen LogP contribution is 2.13. The van der Waals surface area contributed by atoms with Crippen molar-refractivity contribution in [3.05, 3.63) is 29.8 Å². The lowest BCUT2D eigenvalue weighted by Crippen LogP contribution is -2.28. The molecule has 0 saturated carbocycles. The van der Waals surface area contributed by atoms with Gasteiger partial charge in [0.2, 0.25) is 0 Å². The van der Waals surface area contributed by atoms with Gasteiger partial charge in [-0.15, -0.1) is 0 Å². The Bertz CT molecular complexity index is 307. The zero-order valence-corrected chi connectivity index (χ0v) is 12.0. The molecule has 0 aliphatic heterocycles. The molecule has 0 aliphatic carbocycles. The second-order valence-electron chi connectivity index (χ2n) is 4.65. The quantitative estimate of drug-likeness (QED) is 0.672. The highest BCUT2D eigenvalue weighted by atomic mass is 16.5. The van der Waals surface area contributed by atoms with Gasteiger partial charge in [0, 0.05) is 6.04 Å². The predicted octanol–water partition coefficient (Wildman–Crippen LogP) is 3.80. The van der Waals surface area contributed by atoms with Crippen molar-refractivity contribution < 1.29 is 4.74 Å². The van der Waals surface area contributed by atoms with Gasteiger partial charge in [-0.3, -0.25) is 0 Å². The number of rotatable bonds is 9. The molecule has 0 amide bonds. The van der Waals surface area contributed by atoms with E-state index < -0.39 is 0 Å². The van der Waals surface area contributed by atoms with Gasteiger partial charge in [0.25, 0.3) is 0 Å². The lowest BCUT2D eigenvalue weighted by atomic mass is 10.1. The van der Waals surface area contributed by atoms with Crippen LogP contribution < -0.4 is 10.1 Å². The molecular weight excluding hydrogens is 222 g/mol. The van der Waals surface area contributed by atoms with Crippen LogP contribution in [0.25, 0.3) is 0 Å². The molecule has 1 aromatic carbocycles. The third-order valence-electron chi connectivity index (χ3n) is 3.28. The third-order valence-corrected chi connectivity index (χ3v) is 3.28. The number of hydrogen-bond acceptors (Lipinski definition) is 2. The number of benzene rings is 1. The Morgan fingerprint density at radius 2 is 1.83 bits per heavy atom. The van der Waals surface area contributed by atoms with E-state index in [1.165, 1.54) is 18.4 Å². The van der Waals surface area contributed by atoms with Crippen molar-refractivity contribution in [2.45, 2.75) is 52.5 Å². The van der Waals surface area contributed by atoms with Crippen LogP contribution in [-0.4, -0.2) is 19.2 Å². The largest absolute Gasteiger partial charge is 0.494 e. The Balaban J connectivity index is 2.20. The molecule has 1 N–H and O–H groups in total. The molecule has 0 heterocycles. The Kier molecular flexibility index (Phi) is 7.51. The molecule has 102 valence electrons. The minimum Gasteiger partial charge on any atom is -0.494 e. The van der Waals surface area contributed by atoms with Crippen LogP contribution in [-0.2, 0) is 6.42 Å². The van der Waals surface area contributed by atoms with Gasteiger partial charge in [0.05, 0.1) is 6.61 Å². The SMILES string of the molecule is CCNC(CC)CCCOc1ccc(CC)cc1. The fraction of sp³-hybridized carbons (Fsp3) is 0.625. The fourth-order valence-electron chi connectivity index (χ4n) is 2.08. The van der Waals surface area contributed by atoms with E-state index in [2.05, 4.69) is 50.4 Å². The third kappa shape index (κ3) is 5.54. The lowest BCUT2D eigenvalue weighted by molar-refractivity contribution is 0.295. The van der Waals surface area contributed by atoms with Crippen LogP contribution in [0, 0.1) is 0 Å². The highest BCUT2D eigenvalue weighted by Gasteiger charge is 2.03. The summed E-state index contributed by atoms with van der Waals surface area (Å²) in [6.07, 6.45) is 4.58. The lowest BCUT2D eigenvalue weighted by Gasteiger charge is -2.15. The summed E-state index contributed by atoms with van der Waals surface area (Å²) in [6, 6.07) is 9.06. The van der Waals surface area contributed by atoms with Crippen molar-refractivity contribution in [1.82, 2.24) is 5.32 Å². The average Bonchev–Trinajstić information content (AvgIpc) is 2.43. The summed E-state index contributed by atoms with van der Waals surface area (Å²) in [5.41, 5.74) is 1.36. The van der Waals surface area contributed by atoms with Crippen molar-refractivity contribution in [3.8, 4) is 5.75 Å². The van der Waals surface area contributed by atoms with Crippen LogP contribution in [0.2, 0.25) is 0 Å². The minimum atomic E-state index is 0.640. The van der Waals surface area contributed by atoms with Crippen LogP contribution in [0.1, 0.15) is 45.6 Å². The minimum absolute atomic E-state index is 0.640. The second-order valence-corrected chi connectivity index (χ2v) is 4.65. The molecule has 0 aromatic heterocycles. The van der Waals surface area contributed by atoms with Crippen molar-refractivity contribution in [2.24, 2.45) is 0 Å². The number of ether oxygens (including phenoxy) is 1. The highest BCUT2D eigenvalue weighted by molar-refractivity contribution is 5.27. The Labute approximate surface area is 112 Å². The standard InChI is InChI=1S/C16H27NO/c1-4-14-9-11-16(12-10-14)18-13-7-8-15(5-2)17-6-3/h9-12,15,17H,4-8,13H2,1-3H3. The zero-order chi connectivity index (χ0) is 13.2. The van der Waals surface area contributed by atoms with Crippen LogP contribution in [0.5, 0.6) is 5.75 Å². The normalized spacial score (nSPS) is 12.4. The maximum absolute atomic E-state index is 5.75. The number of nitrogens with one attached hydrogen (secondary N) is 1. The van der Waals surface area contributed by atoms with E-state index >= 15 is 0 Å². The van der Waals surface area contributed by atoms with Crippen LogP contribution in [0.4, 0.5) is 0 Å². The molecule has 1 aromatic rings. The molecule has 0 radical (unpaired) electrons. The van der Waals surface area contributed by atoms with Gasteiger partial charge in [-0.05, 0) is 49.9 Å². The van der Waals surface area contributed by atoms with Crippen LogP contribution in [0.15, 0.2) is 24.3 Å². The van der Waals surface area contributed by atoms with E-state index in [1.807, 2.05) is 0 Å². The smallest absolute Gasteiger partial charge is 0.119 e. The molecule has 0 aliphatic rings. The maximum atomic E-state index is 5.75. The van der Waals surface area contributed by atoms with E-state index in [-0.39, 0.29) is 0 Å². The molecular formula is C16H27NO. The molecule has 2 heteroatoms. The molecule has 0 saturated heterocycles. The Morgan fingerprint density at radius 3 is 2.39 bits per heavy atom. The first-order valence-electron chi connectivity index (χ1n) is 7.25. The van der Waals surface area contributed by atoms with E-state index in [0.717, 1.165) is 31.7 Å². The van der Waals surface area contributed by atoms with Gasteiger partial charge in [0.1, 0.15) is 5.75 Å². The Hall–Kier alpha value is -1.02. The molecule has 0 fully saturated rings. The molecule has 2 nitrogen and oxygen atoms in total. The molecule has 1 rings (SSSR count). The molecule has 1 unspecified atom stereocenters. The first kappa shape index (κ1) is 15.0. The van der Waals surface area contributed by atoms with E-state index in [1.54, 1.807) is 0 Å². The molecule has 18 heavy (non-hydrogen) atoms. The van der Waals surface area contributed by atoms with Gasteiger partial charge >= 0.3 is 0 Å². The summed E-state index contributed by atoms with van der Waals surface area (Å²) in [4.78, 5) is 0. The molecule has 1 atom stereocenters. The van der Waals surface area contributed by atoms with Crippen LogP contribution >= 0.6 is 0 Å². The fourth-order valence-corrected chi connectivity index (χ4v) is 2.08. The molecule has 0 spiro atoms. The number of aryl methyl sites for hydroxylation is 1. The van der Waals surface area contributed by atoms with Crippen molar-refractivity contribution in [3.63, 3.8) is 0 Å². The summed E-state index contributed by atoms with van der Waals surface area (Å²) in [5, 5.41) is 3.49. The van der Waals surface area contributed by atoms with Crippen molar-refractivity contribution in [2.75, 3.05) is 13.2 Å². The van der Waals surface area contributed by atoms with E-state index in [4.69, 9.17) is 4.74 Å². The monoisotopic (exact) mass is 249 g/mol. The van der Waals surface area contributed by atoms with Crippen molar-refractivity contribution in [1.29, 1.82) is 0 Å². The van der Waals surface area contributed by atoms with E-state index in [0.29, 0.717) is 6.04 Å². The zero-order valence-electron chi connectivity index (χ0n) is 12.0. The average molecular weight is 249 g/mol. The van der Waals surface area contributed by atoms with Gasteiger partial charge in [-0.1, -0.05) is 32.9 Å². The van der Waals surface area contributed by atoms with Gasteiger partial charge in [-0.25, -0.2) is 0 Å². The first-order chi connectivity index (χ1) is 8.80. The van der Waals surface area contributed by atoms with Gasteiger partial charge < -0.3 is 10.1 Å². The van der Waals surface area contributed by atoms with E-state index in [9.17, 15) is 0 Å². The van der Waals surface area contributed by atoms with Crippen molar-refractivity contribution >= 4 is 0 Å². The topological polar surface area (TPSA) is 21.3 Å². The summed E-state index contributed by atoms with van der Waals surface area (Å²) in [7, 11) is 0. The van der Waals surface area contributed by atoms with Gasteiger partial charge in [-0.2, -0.15) is 0 Å². The summed E-state index contributed by atoms with van der Waals surface area (Å²) >= 11 is 0. The van der Waals surface area contributed by atoms with Crippen LogP contribution in [0.3, 0.4) is 0 Å². The summed E-state index contributed by atoms with van der Waals surface area (Å²) in [5.74, 6) is 0.990. The number of hydrogen-bond donors (Lipinski definition) is 1. The summed E-state index contributed by atoms with van der Waals surface area (Å²) in [6.45, 7) is 8.43. The molecule has 0 bridgehead atoms. The maximum Gasteiger partial charge on any atom is 0.119 e. The van der Waals surface area contributed by atoms with Gasteiger partial charge in [0.15, 0.2) is 0 Å².